The maximum absolute atomic E-state index is 12.1. The molecule has 0 aliphatic rings. The van der Waals surface area contributed by atoms with Gasteiger partial charge in [0.15, 0.2) is 0 Å². The zero-order valence-corrected chi connectivity index (χ0v) is 11.9. The second-order valence-corrected chi connectivity index (χ2v) is 5.13. The summed E-state index contributed by atoms with van der Waals surface area (Å²) in [5, 5.41) is 11.8. The number of carboxylic acids is 1. The Hall–Kier alpha value is -1.88. The molecule has 5 nitrogen and oxygen atoms in total. The van der Waals surface area contributed by atoms with Gasteiger partial charge in [0.25, 0.3) is 0 Å². The van der Waals surface area contributed by atoms with Gasteiger partial charge in [-0.1, -0.05) is 44.2 Å². The van der Waals surface area contributed by atoms with Crippen molar-refractivity contribution in [1.82, 2.24) is 5.32 Å². The quantitative estimate of drug-likeness (QED) is 0.699. The van der Waals surface area contributed by atoms with Crippen molar-refractivity contribution < 1.29 is 14.7 Å². The Labute approximate surface area is 119 Å². The Kier molecular flexibility index (Phi) is 6.18. The van der Waals surface area contributed by atoms with Crippen molar-refractivity contribution in [3.63, 3.8) is 0 Å². The number of hydrogen-bond acceptors (Lipinski definition) is 3. The Balaban J connectivity index is 2.67. The van der Waals surface area contributed by atoms with Crippen molar-refractivity contribution in [1.29, 1.82) is 0 Å². The molecule has 0 saturated carbocycles. The van der Waals surface area contributed by atoms with Gasteiger partial charge in [-0.25, -0.2) is 0 Å². The van der Waals surface area contributed by atoms with Gasteiger partial charge in [-0.05, 0) is 11.5 Å². The number of rotatable bonds is 7. The van der Waals surface area contributed by atoms with Crippen LogP contribution in [0.3, 0.4) is 0 Å². The lowest BCUT2D eigenvalue weighted by molar-refractivity contribution is -0.143. The first kappa shape index (κ1) is 16.2. The number of carbonyl (C=O) groups excluding carboxylic acids is 1. The minimum Gasteiger partial charge on any atom is -0.481 e. The van der Waals surface area contributed by atoms with Gasteiger partial charge >= 0.3 is 5.97 Å². The summed E-state index contributed by atoms with van der Waals surface area (Å²) in [6, 6.07) is 9.25. The lowest BCUT2D eigenvalue weighted by atomic mass is 9.94. The molecule has 1 aromatic carbocycles. The SMILES string of the molecule is CC(C)C(CNC(=O)C(CN)c1ccccc1)C(=O)O. The van der Waals surface area contributed by atoms with Crippen molar-refractivity contribution in [3.05, 3.63) is 35.9 Å². The number of aliphatic carboxylic acids is 1. The van der Waals surface area contributed by atoms with E-state index in [0.29, 0.717) is 0 Å². The summed E-state index contributed by atoms with van der Waals surface area (Å²) in [4.78, 5) is 23.2. The maximum Gasteiger partial charge on any atom is 0.308 e. The first-order valence-electron chi connectivity index (χ1n) is 6.72. The van der Waals surface area contributed by atoms with Crippen LogP contribution in [-0.4, -0.2) is 30.1 Å². The number of nitrogens with two attached hydrogens (primary N) is 1. The first-order valence-corrected chi connectivity index (χ1v) is 6.72. The van der Waals surface area contributed by atoms with E-state index in [2.05, 4.69) is 5.32 Å². The standard InChI is InChI=1S/C15H22N2O3/c1-10(2)13(15(19)20)9-17-14(18)12(8-16)11-6-4-3-5-7-11/h3-7,10,12-13H,8-9,16H2,1-2H3,(H,17,18)(H,19,20). The summed E-state index contributed by atoms with van der Waals surface area (Å²) in [6.45, 7) is 3.95. The van der Waals surface area contributed by atoms with E-state index in [1.165, 1.54) is 0 Å². The zero-order chi connectivity index (χ0) is 15.1. The minimum absolute atomic E-state index is 0.0409. The van der Waals surface area contributed by atoms with Gasteiger partial charge < -0.3 is 16.2 Å². The molecule has 2 atom stereocenters. The van der Waals surface area contributed by atoms with Crippen LogP contribution in [0.1, 0.15) is 25.3 Å². The fraction of sp³-hybridized carbons (Fsp3) is 0.467. The molecule has 20 heavy (non-hydrogen) atoms. The monoisotopic (exact) mass is 278 g/mol. The molecule has 0 heterocycles. The molecule has 0 fully saturated rings. The highest BCUT2D eigenvalue weighted by Gasteiger charge is 2.24. The predicted octanol–water partition coefficient (Wildman–Crippen LogP) is 1.20. The maximum atomic E-state index is 12.1. The number of carboxylic acid groups (broad SMARTS) is 1. The summed E-state index contributed by atoms with van der Waals surface area (Å²) < 4.78 is 0. The van der Waals surface area contributed by atoms with Gasteiger partial charge in [0.05, 0.1) is 11.8 Å². The molecule has 4 N–H and O–H groups in total. The van der Waals surface area contributed by atoms with E-state index in [-0.39, 0.29) is 24.9 Å². The fourth-order valence-electron chi connectivity index (χ4n) is 2.02. The summed E-state index contributed by atoms with van der Waals surface area (Å²) in [5.74, 6) is -2.21. The Morgan fingerprint density at radius 3 is 2.30 bits per heavy atom. The summed E-state index contributed by atoms with van der Waals surface area (Å²) in [6.07, 6.45) is 0. The van der Waals surface area contributed by atoms with E-state index in [1.807, 2.05) is 44.2 Å². The van der Waals surface area contributed by atoms with Crippen LogP contribution in [0.15, 0.2) is 30.3 Å². The number of carbonyl (C=O) groups is 2. The van der Waals surface area contributed by atoms with E-state index in [9.17, 15) is 9.59 Å². The Morgan fingerprint density at radius 2 is 1.85 bits per heavy atom. The molecule has 2 unspecified atom stereocenters. The summed E-state index contributed by atoms with van der Waals surface area (Å²) >= 11 is 0. The van der Waals surface area contributed by atoms with Gasteiger partial charge in [-0.3, -0.25) is 9.59 Å². The highest BCUT2D eigenvalue weighted by molar-refractivity contribution is 5.84. The molecule has 5 heteroatoms. The largest absolute Gasteiger partial charge is 0.481 e. The molecule has 0 bridgehead atoms. The van der Waals surface area contributed by atoms with Crippen molar-refractivity contribution in [2.24, 2.45) is 17.6 Å². The third-order valence-corrected chi connectivity index (χ3v) is 3.37. The van der Waals surface area contributed by atoms with Crippen LogP contribution in [0, 0.1) is 11.8 Å². The second kappa shape index (κ2) is 7.65. The number of benzene rings is 1. The van der Waals surface area contributed by atoms with Crippen molar-refractivity contribution >= 4 is 11.9 Å². The molecule has 0 aliphatic heterocycles. The first-order chi connectivity index (χ1) is 9.47. The number of hydrogen-bond donors (Lipinski definition) is 3. The minimum atomic E-state index is -0.899. The average molecular weight is 278 g/mol. The average Bonchev–Trinajstić information content (AvgIpc) is 2.40. The Morgan fingerprint density at radius 1 is 1.25 bits per heavy atom. The molecule has 0 aromatic heterocycles. The second-order valence-electron chi connectivity index (χ2n) is 5.13. The van der Waals surface area contributed by atoms with E-state index in [4.69, 9.17) is 10.8 Å². The lowest BCUT2D eigenvalue weighted by Gasteiger charge is -2.20. The van der Waals surface area contributed by atoms with Gasteiger partial charge in [0.2, 0.25) is 5.91 Å². The van der Waals surface area contributed by atoms with Crippen LogP contribution in [-0.2, 0) is 9.59 Å². The highest BCUT2D eigenvalue weighted by atomic mass is 16.4. The molecule has 0 radical (unpaired) electrons. The molecule has 0 saturated heterocycles. The van der Waals surface area contributed by atoms with Gasteiger partial charge in [-0.15, -0.1) is 0 Å². The number of nitrogens with one attached hydrogen (secondary N) is 1. The molecular weight excluding hydrogens is 256 g/mol. The van der Waals surface area contributed by atoms with Gasteiger partial charge in [0, 0.05) is 13.1 Å². The van der Waals surface area contributed by atoms with Crippen LogP contribution in [0.4, 0.5) is 0 Å². The lowest BCUT2D eigenvalue weighted by Crippen LogP contribution is -2.39. The van der Waals surface area contributed by atoms with E-state index < -0.39 is 17.8 Å². The van der Waals surface area contributed by atoms with Crippen molar-refractivity contribution in [2.45, 2.75) is 19.8 Å². The number of amides is 1. The molecule has 0 spiro atoms. The topological polar surface area (TPSA) is 92.4 Å². The van der Waals surface area contributed by atoms with Gasteiger partial charge in [0.1, 0.15) is 0 Å². The molecule has 0 aliphatic carbocycles. The molecule has 1 amide bonds. The fourth-order valence-corrected chi connectivity index (χ4v) is 2.02. The molecule has 1 aromatic rings. The van der Waals surface area contributed by atoms with Crippen LogP contribution >= 0.6 is 0 Å². The smallest absolute Gasteiger partial charge is 0.308 e. The highest BCUT2D eigenvalue weighted by Crippen LogP contribution is 2.15. The van der Waals surface area contributed by atoms with Crippen LogP contribution < -0.4 is 11.1 Å². The third kappa shape index (κ3) is 4.35. The van der Waals surface area contributed by atoms with Crippen LogP contribution in [0.5, 0.6) is 0 Å². The third-order valence-electron chi connectivity index (χ3n) is 3.37. The summed E-state index contributed by atoms with van der Waals surface area (Å²) in [7, 11) is 0. The van der Waals surface area contributed by atoms with E-state index >= 15 is 0 Å². The van der Waals surface area contributed by atoms with Crippen LogP contribution in [0.25, 0.3) is 0 Å². The van der Waals surface area contributed by atoms with E-state index in [0.717, 1.165) is 5.56 Å². The summed E-state index contributed by atoms with van der Waals surface area (Å²) in [5.41, 5.74) is 6.49. The normalized spacial score (nSPS) is 13.8. The molecule has 1 rings (SSSR count). The van der Waals surface area contributed by atoms with Crippen molar-refractivity contribution in [3.8, 4) is 0 Å². The zero-order valence-electron chi connectivity index (χ0n) is 11.9. The Bertz CT molecular complexity index is 446. The molecule has 110 valence electrons. The van der Waals surface area contributed by atoms with Crippen molar-refractivity contribution in [2.75, 3.05) is 13.1 Å². The van der Waals surface area contributed by atoms with E-state index in [1.54, 1.807) is 0 Å². The van der Waals surface area contributed by atoms with Crippen LogP contribution in [0.2, 0.25) is 0 Å². The molecular formula is C15H22N2O3. The van der Waals surface area contributed by atoms with Gasteiger partial charge in [-0.2, -0.15) is 0 Å². The predicted molar refractivity (Wildman–Crippen MR) is 77.2 cm³/mol.